The van der Waals surface area contributed by atoms with E-state index >= 15 is 0 Å². The highest BCUT2D eigenvalue weighted by atomic mass is 35.5. The van der Waals surface area contributed by atoms with Gasteiger partial charge in [0.15, 0.2) is 0 Å². The highest BCUT2D eigenvalue weighted by Crippen LogP contribution is 2.60. The van der Waals surface area contributed by atoms with Crippen molar-refractivity contribution in [3.05, 3.63) is 0 Å². The summed E-state index contributed by atoms with van der Waals surface area (Å²) in [7, 11) is 0. The first-order valence-electron chi connectivity index (χ1n) is 7.73. The third kappa shape index (κ3) is 3.03. The fourth-order valence-electron chi connectivity index (χ4n) is 5.28. The summed E-state index contributed by atoms with van der Waals surface area (Å²) in [6, 6.07) is 0. The lowest BCUT2D eigenvalue weighted by molar-refractivity contribution is -0.176. The zero-order valence-corrected chi connectivity index (χ0v) is 12.7. The molecule has 1 amide bonds. The first-order chi connectivity index (χ1) is 9.81. The van der Waals surface area contributed by atoms with Gasteiger partial charge in [-0.05, 0) is 56.3 Å². The molecule has 6 heteroatoms. The Morgan fingerprint density at radius 2 is 1.57 bits per heavy atom. The van der Waals surface area contributed by atoms with Crippen molar-refractivity contribution in [2.24, 2.45) is 23.2 Å². The van der Waals surface area contributed by atoms with Crippen molar-refractivity contribution in [1.82, 2.24) is 4.90 Å². The fraction of sp³-hybridized carbons (Fsp3) is 0.933. The standard InChI is InChI=1S/C15H21ClF3NO/c16-1-2-20(9-15(17,18)19)13(21)14-6-10-3-11(7-14)5-12(4-10)8-14/h10-12H,1-9H2. The van der Waals surface area contributed by atoms with Gasteiger partial charge in [0.1, 0.15) is 6.54 Å². The van der Waals surface area contributed by atoms with Crippen molar-refractivity contribution in [2.75, 3.05) is 19.0 Å². The van der Waals surface area contributed by atoms with Crippen LogP contribution in [0.25, 0.3) is 0 Å². The van der Waals surface area contributed by atoms with Crippen LogP contribution < -0.4 is 0 Å². The summed E-state index contributed by atoms with van der Waals surface area (Å²) < 4.78 is 38.2. The van der Waals surface area contributed by atoms with Crippen LogP contribution in [0.1, 0.15) is 38.5 Å². The monoisotopic (exact) mass is 323 g/mol. The highest BCUT2D eigenvalue weighted by Gasteiger charge is 2.56. The van der Waals surface area contributed by atoms with Crippen molar-refractivity contribution in [1.29, 1.82) is 0 Å². The van der Waals surface area contributed by atoms with E-state index in [1.54, 1.807) is 0 Å². The molecule has 21 heavy (non-hydrogen) atoms. The predicted molar refractivity (Wildman–Crippen MR) is 74.0 cm³/mol. The molecule has 0 N–H and O–H groups in total. The highest BCUT2D eigenvalue weighted by molar-refractivity contribution is 6.18. The molecule has 0 heterocycles. The third-order valence-corrected chi connectivity index (χ3v) is 5.67. The molecule has 0 unspecified atom stereocenters. The summed E-state index contributed by atoms with van der Waals surface area (Å²) in [5.74, 6) is 1.39. The molecule has 4 fully saturated rings. The minimum Gasteiger partial charge on any atom is -0.332 e. The van der Waals surface area contributed by atoms with Gasteiger partial charge in [-0.3, -0.25) is 4.79 Å². The van der Waals surface area contributed by atoms with Gasteiger partial charge in [0.05, 0.1) is 5.41 Å². The number of halogens is 4. The fourth-order valence-corrected chi connectivity index (χ4v) is 5.48. The molecule has 0 aliphatic heterocycles. The Balaban J connectivity index is 1.79. The van der Waals surface area contributed by atoms with E-state index in [0.717, 1.165) is 24.2 Å². The summed E-state index contributed by atoms with van der Waals surface area (Å²) in [6.07, 6.45) is 1.51. The smallest absolute Gasteiger partial charge is 0.332 e. The number of nitrogens with zero attached hydrogens (tertiary/aromatic N) is 1. The Bertz CT molecular complexity index is 388. The number of rotatable bonds is 4. The maximum absolute atomic E-state index is 12.8. The van der Waals surface area contributed by atoms with Crippen molar-refractivity contribution >= 4 is 17.5 Å². The van der Waals surface area contributed by atoms with Gasteiger partial charge in [0.25, 0.3) is 0 Å². The topological polar surface area (TPSA) is 20.3 Å². The second kappa shape index (κ2) is 5.32. The van der Waals surface area contributed by atoms with Crippen LogP contribution in [-0.4, -0.2) is 36.0 Å². The molecule has 4 aliphatic rings. The summed E-state index contributed by atoms with van der Waals surface area (Å²) in [4.78, 5) is 13.8. The lowest BCUT2D eigenvalue weighted by atomic mass is 9.49. The van der Waals surface area contributed by atoms with E-state index in [1.807, 2.05) is 0 Å². The maximum atomic E-state index is 12.8. The van der Waals surface area contributed by atoms with Gasteiger partial charge in [-0.2, -0.15) is 13.2 Å². The number of carbonyl (C=O) groups is 1. The van der Waals surface area contributed by atoms with Gasteiger partial charge >= 0.3 is 6.18 Å². The molecule has 4 saturated carbocycles. The molecular weight excluding hydrogens is 303 g/mol. The molecule has 0 atom stereocenters. The molecule has 0 radical (unpaired) electrons. The average Bonchev–Trinajstić information content (AvgIpc) is 2.34. The van der Waals surface area contributed by atoms with Gasteiger partial charge in [0.2, 0.25) is 5.91 Å². The number of carbonyl (C=O) groups excluding carboxylic acids is 1. The normalized spacial score (nSPS) is 37.8. The first kappa shape index (κ1) is 15.4. The van der Waals surface area contributed by atoms with E-state index in [4.69, 9.17) is 11.6 Å². The van der Waals surface area contributed by atoms with Crippen LogP contribution in [0.3, 0.4) is 0 Å². The van der Waals surface area contributed by atoms with E-state index in [1.165, 1.54) is 19.3 Å². The van der Waals surface area contributed by atoms with E-state index in [0.29, 0.717) is 17.8 Å². The molecule has 2 nitrogen and oxygen atoms in total. The minimum atomic E-state index is -4.36. The quantitative estimate of drug-likeness (QED) is 0.720. The SMILES string of the molecule is O=C(N(CCCl)CC(F)(F)F)C12CC3CC(CC(C3)C1)C2. The molecular formula is C15H21ClF3NO. The zero-order chi connectivity index (χ0) is 15.3. The number of alkyl halides is 4. The van der Waals surface area contributed by atoms with Crippen molar-refractivity contribution in [3.63, 3.8) is 0 Å². The molecule has 0 aromatic heterocycles. The molecule has 0 aromatic rings. The second-order valence-electron chi connectivity index (χ2n) is 7.23. The van der Waals surface area contributed by atoms with Crippen LogP contribution in [0, 0.1) is 23.2 Å². The lowest BCUT2D eigenvalue weighted by Gasteiger charge is -2.56. The molecule has 0 saturated heterocycles. The van der Waals surface area contributed by atoms with Gasteiger partial charge in [-0.1, -0.05) is 0 Å². The van der Waals surface area contributed by atoms with Gasteiger partial charge < -0.3 is 4.90 Å². The van der Waals surface area contributed by atoms with Crippen LogP contribution in [0.5, 0.6) is 0 Å². The van der Waals surface area contributed by atoms with E-state index in [2.05, 4.69) is 0 Å². The van der Waals surface area contributed by atoms with Crippen LogP contribution in [0.4, 0.5) is 13.2 Å². The Kier molecular flexibility index (Phi) is 3.92. The number of hydrogen-bond donors (Lipinski definition) is 0. The van der Waals surface area contributed by atoms with Crippen molar-refractivity contribution in [3.8, 4) is 0 Å². The molecule has 120 valence electrons. The largest absolute Gasteiger partial charge is 0.406 e. The lowest BCUT2D eigenvalue weighted by Crippen LogP contribution is -2.56. The van der Waals surface area contributed by atoms with E-state index in [-0.39, 0.29) is 18.3 Å². The maximum Gasteiger partial charge on any atom is 0.406 e. The van der Waals surface area contributed by atoms with Crippen LogP contribution >= 0.6 is 11.6 Å². The number of amides is 1. The summed E-state index contributed by atoms with van der Waals surface area (Å²) in [5, 5.41) is 0. The molecule has 4 rings (SSSR count). The van der Waals surface area contributed by atoms with Crippen LogP contribution in [-0.2, 0) is 4.79 Å². The van der Waals surface area contributed by atoms with Crippen LogP contribution in [0.15, 0.2) is 0 Å². The Labute approximate surface area is 128 Å². The third-order valence-electron chi connectivity index (χ3n) is 5.50. The predicted octanol–water partition coefficient (Wildman–Crippen LogP) is 3.83. The zero-order valence-electron chi connectivity index (χ0n) is 12.0. The molecule has 0 aromatic carbocycles. The van der Waals surface area contributed by atoms with Gasteiger partial charge in [-0.15, -0.1) is 11.6 Å². The van der Waals surface area contributed by atoms with Crippen molar-refractivity contribution < 1.29 is 18.0 Å². The summed E-state index contributed by atoms with van der Waals surface area (Å²) in [6.45, 7) is -1.18. The summed E-state index contributed by atoms with van der Waals surface area (Å²) in [5.41, 5.74) is -0.522. The first-order valence-corrected chi connectivity index (χ1v) is 8.27. The summed E-state index contributed by atoms with van der Waals surface area (Å²) >= 11 is 5.62. The van der Waals surface area contributed by atoms with E-state index < -0.39 is 18.1 Å². The Hall–Kier alpha value is -0.450. The van der Waals surface area contributed by atoms with Crippen LogP contribution in [0.2, 0.25) is 0 Å². The molecule has 0 spiro atoms. The average molecular weight is 324 g/mol. The molecule has 4 bridgehead atoms. The minimum absolute atomic E-state index is 0.0123. The Morgan fingerprint density at radius 1 is 1.10 bits per heavy atom. The second-order valence-corrected chi connectivity index (χ2v) is 7.61. The Morgan fingerprint density at radius 3 is 1.95 bits per heavy atom. The number of hydrogen-bond acceptors (Lipinski definition) is 1. The van der Waals surface area contributed by atoms with Gasteiger partial charge in [0, 0.05) is 12.4 Å². The molecule has 4 aliphatic carbocycles. The van der Waals surface area contributed by atoms with E-state index in [9.17, 15) is 18.0 Å². The van der Waals surface area contributed by atoms with Crippen molar-refractivity contribution in [2.45, 2.75) is 44.7 Å². The van der Waals surface area contributed by atoms with Gasteiger partial charge in [-0.25, -0.2) is 0 Å².